The van der Waals surface area contributed by atoms with E-state index >= 15 is 0 Å². The highest BCUT2D eigenvalue weighted by molar-refractivity contribution is 6.14. The Kier molecular flexibility index (Phi) is 6.17. The summed E-state index contributed by atoms with van der Waals surface area (Å²) in [7, 11) is 0. The predicted molar refractivity (Wildman–Crippen MR) is 129 cm³/mol. The quantitative estimate of drug-likeness (QED) is 0.382. The van der Waals surface area contributed by atoms with E-state index in [0.717, 1.165) is 45.6 Å². The summed E-state index contributed by atoms with van der Waals surface area (Å²) >= 11 is 0. The van der Waals surface area contributed by atoms with Gasteiger partial charge in [-0.1, -0.05) is 44.2 Å². The maximum Gasteiger partial charge on any atom is 0.239 e. The number of fused-ring (bicyclic) bond motifs is 3. The van der Waals surface area contributed by atoms with Gasteiger partial charge in [0.2, 0.25) is 5.91 Å². The maximum atomic E-state index is 13.0. The maximum absolute atomic E-state index is 13.0. The fraction of sp³-hybridized carbons (Fsp3) is 0.222. The largest absolute Gasteiger partial charge is 0.331 e. The number of Topliss-reactive ketones (excluding diaryl/α,β-unsaturated/α-hetero) is 1. The lowest BCUT2D eigenvalue weighted by molar-refractivity contribution is -0.125. The number of carbonyl (C=O) groups excluding carboxylic acids is 2. The van der Waals surface area contributed by atoms with Crippen LogP contribution in [0.15, 0.2) is 73.1 Å². The molecule has 0 fully saturated rings. The van der Waals surface area contributed by atoms with E-state index in [1.807, 2.05) is 80.7 Å². The van der Waals surface area contributed by atoms with Crippen molar-refractivity contribution in [2.45, 2.75) is 40.2 Å². The molecular weight excluding hydrogens is 398 g/mol. The molecule has 5 rings (SSSR count). The molecule has 162 valence electrons. The zero-order valence-electron chi connectivity index (χ0n) is 18.7. The number of hydrogen-bond donors (Lipinski definition) is 0. The molecule has 0 bridgehead atoms. The summed E-state index contributed by atoms with van der Waals surface area (Å²) in [5, 5.41) is 2.09. The first-order valence-electron chi connectivity index (χ1n) is 11.1. The average molecular weight is 426 g/mol. The molecule has 0 N–H and O–H groups in total. The number of nitrogens with zero attached hydrogens (tertiary/aromatic N) is 3. The van der Waals surface area contributed by atoms with Gasteiger partial charge in [-0.25, -0.2) is 4.98 Å². The SMILES string of the molecule is CC.CCn1ccnc1-c1ccc(N2C(=O)CC(=O)Cc3c2ccc2ccccc32)cc1. The second-order valence-corrected chi connectivity index (χ2v) is 7.49. The molecule has 32 heavy (non-hydrogen) atoms. The number of aryl methyl sites for hydroxylation is 1. The first kappa shape index (κ1) is 21.5. The molecule has 3 aromatic carbocycles. The van der Waals surface area contributed by atoms with E-state index in [1.165, 1.54) is 0 Å². The second kappa shape index (κ2) is 9.18. The Balaban J connectivity index is 0.00000119. The molecule has 5 nitrogen and oxygen atoms in total. The number of aromatic nitrogens is 2. The van der Waals surface area contributed by atoms with Crippen LogP contribution in [0.4, 0.5) is 11.4 Å². The fourth-order valence-corrected chi connectivity index (χ4v) is 4.23. The Morgan fingerprint density at radius 1 is 0.906 bits per heavy atom. The number of imidazole rings is 1. The summed E-state index contributed by atoms with van der Waals surface area (Å²) in [6.45, 7) is 6.91. The van der Waals surface area contributed by atoms with Gasteiger partial charge in [0.1, 0.15) is 11.6 Å². The van der Waals surface area contributed by atoms with Crippen LogP contribution in [0.5, 0.6) is 0 Å². The standard InChI is InChI=1S/C25H21N3O2.C2H6/c1-2-27-14-13-26-25(27)18-7-10-19(11-8-18)28-23-12-9-17-5-3-4-6-21(17)22(23)15-20(29)16-24(28)30;1-2/h3-14H,2,15-16H2,1H3;1-2H3. The van der Waals surface area contributed by atoms with Crippen LogP contribution in [0, 0.1) is 0 Å². The van der Waals surface area contributed by atoms with Crippen molar-refractivity contribution in [2.24, 2.45) is 0 Å². The monoisotopic (exact) mass is 425 g/mol. The second-order valence-electron chi connectivity index (χ2n) is 7.49. The van der Waals surface area contributed by atoms with Gasteiger partial charge in [-0.15, -0.1) is 0 Å². The minimum Gasteiger partial charge on any atom is -0.331 e. The Labute approximate surface area is 188 Å². The number of ketones is 1. The summed E-state index contributed by atoms with van der Waals surface area (Å²) in [6, 6.07) is 19.8. The van der Waals surface area contributed by atoms with Gasteiger partial charge in [-0.2, -0.15) is 0 Å². The molecule has 5 heteroatoms. The summed E-state index contributed by atoms with van der Waals surface area (Å²) in [5.74, 6) is 0.645. The molecule has 4 aromatic rings. The molecule has 1 aliphatic rings. The topological polar surface area (TPSA) is 55.2 Å². The zero-order chi connectivity index (χ0) is 22.7. The van der Waals surface area contributed by atoms with Crippen LogP contribution >= 0.6 is 0 Å². The Hall–Kier alpha value is -3.73. The lowest BCUT2D eigenvalue weighted by Gasteiger charge is -2.24. The van der Waals surface area contributed by atoms with Crippen LogP contribution in [-0.4, -0.2) is 21.2 Å². The van der Waals surface area contributed by atoms with Crippen molar-refractivity contribution < 1.29 is 9.59 Å². The van der Waals surface area contributed by atoms with Crippen LogP contribution in [0.2, 0.25) is 0 Å². The molecule has 1 aliphatic heterocycles. The van der Waals surface area contributed by atoms with Gasteiger partial charge in [0.15, 0.2) is 0 Å². The number of rotatable bonds is 3. The minimum absolute atomic E-state index is 0.0540. The van der Waals surface area contributed by atoms with E-state index in [0.29, 0.717) is 0 Å². The smallest absolute Gasteiger partial charge is 0.239 e. The third-order valence-electron chi connectivity index (χ3n) is 5.67. The molecule has 1 amide bonds. The molecule has 0 unspecified atom stereocenters. The van der Waals surface area contributed by atoms with Crippen molar-refractivity contribution in [1.82, 2.24) is 9.55 Å². The first-order valence-corrected chi connectivity index (χ1v) is 11.1. The van der Waals surface area contributed by atoms with Crippen molar-refractivity contribution in [3.05, 3.63) is 78.6 Å². The highest BCUT2D eigenvalue weighted by Gasteiger charge is 2.28. The summed E-state index contributed by atoms with van der Waals surface area (Å²) < 4.78 is 2.08. The number of amides is 1. The number of hydrogen-bond acceptors (Lipinski definition) is 3. The highest BCUT2D eigenvalue weighted by atomic mass is 16.2. The molecule has 0 spiro atoms. The predicted octanol–water partition coefficient (Wildman–Crippen LogP) is 5.93. The summed E-state index contributed by atoms with van der Waals surface area (Å²) in [6.07, 6.45) is 3.92. The molecule has 1 aromatic heterocycles. The molecule has 0 radical (unpaired) electrons. The van der Waals surface area contributed by atoms with E-state index in [-0.39, 0.29) is 24.5 Å². The highest BCUT2D eigenvalue weighted by Crippen LogP contribution is 2.37. The zero-order valence-corrected chi connectivity index (χ0v) is 18.7. The molecular formula is C27H27N3O2. The van der Waals surface area contributed by atoms with Crippen molar-refractivity contribution in [2.75, 3.05) is 4.90 Å². The van der Waals surface area contributed by atoms with Gasteiger partial charge in [0, 0.05) is 36.6 Å². The van der Waals surface area contributed by atoms with E-state index < -0.39 is 0 Å². The van der Waals surface area contributed by atoms with Crippen LogP contribution in [0.1, 0.15) is 32.8 Å². The van der Waals surface area contributed by atoms with Gasteiger partial charge in [-0.05, 0) is 53.6 Å². The Morgan fingerprint density at radius 2 is 1.66 bits per heavy atom. The van der Waals surface area contributed by atoms with Crippen LogP contribution in [-0.2, 0) is 22.6 Å². The summed E-state index contributed by atoms with van der Waals surface area (Å²) in [5.41, 5.74) is 3.44. The third kappa shape index (κ3) is 3.82. The minimum atomic E-state index is -0.197. The molecule has 0 atom stereocenters. The van der Waals surface area contributed by atoms with E-state index in [9.17, 15) is 9.59 Å². The lowest BCUT2D eigenvalue weighted by atomic mass is 9.98. The van der Waals surface area contributed by atoms with Crippen molar-refractivity contribution in [3.8, 4) is 11.4 Å². The van der Waals surface area contributed by atoms with Crippen molar-refractivity contribution in [3.63, 3.8) is 0 Å². The molecule has 2 heterocycles. The van der Waals surface area contributed by atoms with Crippen LogP contribution in [0.25, 0.3) is 22.2 Å². The number of carbonyl (C=O) groups is 2. The Morgan fingerprint density at radius 3 is 2.41 bits per heavy atom. The van der Waals surface area contributed by atoms with Crippen LogP contribution < -0.4 is 4.90 Å². The number of benzene rings is 3. The van der Waals surface area contributed by atoms with Gasteiger partial charge < -0.3 is 4.57 Å². The molecule has 0 saturated carbocycles. The first-order chi connectivity index (χ1) is 15.7. The number of anilines is 2. The van der Waals surface area contributed by atoms with E-state index in [1.54, 1.807) is 11.1 Å². The van der Waals surface area contributed by atoms with Crippen molar-refractivity contribution >= 4 is 33.8 Å². The summed E-state index contributed by atoms with van der Waals surface area (Å²) in [4.78, 5) is 31.7. The lowest BCUT2D eigenvalue weighted by Crippen LogP contribution is -2.26. The van der Waals surface area contributed by atoms with Crippen molar-refractivity contribution in [1.29, 1.82) is 0 Å². The van der Waals surface area contributed by atoms with E-state index in [4.69, 9.17) is 0 Å². The molecule has 0 saturated heterocycles. The average Bonchev–Trinajstić information content (AvgIpc) is 3.26. The Bertz CT molecular complexity index is 1270. The van der Waals surface area contributed by atoms with Gasteiger partial charge >= 0.3 is 0 Å². The molecule has 0 aliphatic carbocycles. The normalized spacial score (nSPS) is 13.4. The van der Waals surface area contributed by atoms with Gasteiger partial charge in [0.25, 0.3) is 0 Å². The third-order valence-corrected chi connectivity index (χ3v) is 5.67. The van der Waals surface area contributed by atoms with Gasteiger partial charge in [0.05, 0.1) is 12.1 Å². The van der Waals surface area contributed by atoms with Crippen LogP contribution in [0.3, 0.4) is 0 Å². The fourth-order valence-electron chi connectivity index (χ4n) is 4.23. The van der Waals surface area contributed by atoms with Gasteiger partial charge in [-0.3, -0.25) is 14.5 Å². The van der Waals surface area contributed by atoms with E-state index in [2.05, 4.69) is 16.5 Å².